The molecule has 2 rings (SSSR count). The Labute approximate surface area is 103 Å². The van der Waals surface area contributed by atoms with Gasteiger partial charge in [-0.05, 0) is 19.5 Å². The van der Waals surface area contributed by atoms with Crippen molar-refractivity contribution in [2.24, 2.45) is 0 Å². The Hall–Kier alpha value is -2.28. The fraction of sp³-hybridized carbons (Fsp3) is 0.273. The van der Waals surface area contributed by atoms with E-state index in [0.717, 1.165) is 5.56 Å². The van der Waals surface area contributed by atoms with Crippen molar-refractivity contribution in [3.63, 3.8) is 0 Å². The normalized spacial score (nSPS) is 10.6. The van der Waals surface area contributed by atoms with Crippen LogP contribution in [0.4, 0.5) is 5.69 Å². The molecule has 0 bridgehead atoms. The lowest BCUT2D eigenvalue weighted by Crippen LogP contribution is -2.06. The second kappa shape index (κ2) is 4.92. The maximum absolute atomic E-state index is 11.0. The second-order valence-electron chi connectivity index (χ2n) is 3.77. The highest BCUT2D eigenvalue weighted by Crippen LogP contribution is 2.31. The Morgan fingerprint density at radius 2 is 2.28 bits per heavy atom. The quantitative estimate of drug-likeness (QED) is 0.653. The zero-order valence-corrected chi connectivity index (χ0v) is 10.0. The molecule has 1 N–H and O–H groups in total. The summed E-state index contributed by atoms with van der Waals surface area (Å²) >= 11 is 0. The van der Waals surface area contributed by atoms with Crippen molar-refractivity contribution in [1.29, 1.82) is 0 Å². The average Bonchev–Trinajstić information content (AvgIpc) is 2.77. The number of nitro groups is 1. The first-order valence-corrected chi connectivity index (χ1v) is 5.35. The van der Waals surface area contributed by atoms with Crippen LogP contribution >= 0.6 is 0 Å². The molecule has 94 valence electrons. The second-order valence-corrected chi connectivity index (χ2v) is 3.77. The number of rotatable bonds is 4. The van der Waals surface area contributed by atoms with Crippen molar-refractivity contribution in [2.75, 3.05) is 7.05 Å². The van der Waals surface area contributed by atoms with Crippen LogP contribution in [0, 0.1) is 17.0 Å². The molecule has 1 aromatic carbocycles. The average molecular weight is 248 g/mol. The standard InChI is InChI=1S/C11H12N4O3/c1-7-4-3-5-8(15(16)17)10(7)11-13-9(6-12-2)14-18-11/h3-5,12H,6H2,1-2H3. The summed E-state index contributed by atoms with van der Waals surface area (Å²) < 4.78 is 5.07. The summed E-state index contributed by atoms with van der Waals surface area (Å²) in [7, 11) is 1.76. The lowest BCUT2D eigenvalue weighted by Gasteiger charge is -2.01. The summed E-state index contributed by atoms with van der Waals surface area (Å²) in [4.78, 5) is 14.7. The van der Waals surface area contributed by atoms with Gasteiger partial charge in [-0.25, -0.2) is 0 Å². The Morgan fingerprint density at radius 3 is 2.94 bits per heavy atom. The van der Waals surface area contributed by atoms with E-state index in [1.165, 1.54) is 6.07 Å². The van der Waals surface area contributed by atoms with E-state index in [4.69, 9.17) is 4.52 Å². The zero-order valence-electron chi connectivity index (χ0n) is 10.0. The van der Waals surface area contributed by atoms with Gasteiger partial charge < -0.3 is 9.84 Å². The van der Waals surface area contributed by atoms with Crippen molar-refractivity contribution in [3.8, 4) is 11.5 Å². The molecule has 0 aliphatic rings. The van der Waals surface area contributed by atoms with Gasteiger partial charge in [0.2, 0.25) is 0 Å². The fourth-order valence-corrected chi connectivity index (χ4v) is 1.67. The molecule has 0 spiro atoms. The van der Waals surface area contributed by atoms with Gasteiger partial charge >= 0.3 is 0 Å². The largest absolute Gasteiger partial charge is 0.334 e. The van der Waals surface area contributed by atoms with E-state index >= 15 is 0 Å². The van der Waals surface area contributed by atoms with E-state index in [1.807, 2.05) is 0 Å². The third-order valence-corrected chi connectivity index (χ3v) is 2.46. The number of hydrogen-bond donors (Lipinski definition) is 1. The van der Waals surface area contributed by atoms with E-state index in [2.05, 4.69) is 15.5 Å². The first-order valence-electron chi connectivity index (χ1n) is 5.35. The van der Waals surface area contributed by atoms with Crippen LogP contribution in [-0.4, -0.2) is 22.1 Å². The highest BCUT2D eigenvalue weighted by atomic mass is 16.6. The number of aryl methyl sites for hydroxylation is 1. The number of nitrogens with zero attached hydrogens (tertiary/aromatic N) is 3. The lowest BCUT2D eigenvalue weighted by molar-refractivity contribution is -0.384. The van der Waals surface area contributed by atoms with Gasteiger partial charge in [0, 0.05) is 6.07 Å². The van der Waals surface area contributed by atoms with E-state index in [-0.39, 0.29) is 11.6 Å². The van der Waals surface area contributed by atoms with Gasteiger partial charge in [0.15, 0.2) is 5.82 Å². The summed E-state index contributed by atoms with van der Waals surface area (Å²) in [6.45, 7) is 2.22. The summed E-state index contributed by atoms with van der Waals surface area (Å²) in [6, 6.07) is 4.82. The molecule has 0 amide bonds. The lowest BCUT2D eigenvalue weighted by atomic mass is 10.1. The number of nitro benzene ring substituents is 1. The molecule has 0 saturated heterocycles. The van der Waals surface area contributed by atoms with Crippen molar-refractivity contribution in [1.82, 2.24) is 15.5 Å². The topological polar surface area (TPSA) is 94.1 Å². The fourth-order valence-electron chi connectivity index (χ4n) is 1.67. The number of aromatic nitrogens is 2. The van der Waals surface area contributed by atoms with E-state index in [9.17, 15) is 10.1 Å². The molecule has 0 aliphatic carbocycles. The van der Waals surface area contributed by atoms with Gasteiger partial charge in [0.1, 0.15) is 5.56 Å². The monoisotopic (exact) mass is 248 g/mol. The van der Waals surface area contributed by atoms with Crippen LogP contribution in [0.1, 0.15) is 11.4 Å². The predicted octanol–water partition coefficient (Wildman–Crippen LogP) is 1.67. The molecular formula is C11H12N4O3. The van der Waals surface area contributed by atoms with Gasteiger partial charge in [0.05, 0.1) is 11.5 Å². The van der Waals surface area contributed by atoms with Gasteiger partial charge in [-0.1, -0.05) is 17.3 Å². The molecule has 1 heterocycles. The van der Waals surface area contributed by atoms with Crippen LogP contribution in [0.5, 0.6) is 0 Å². The van der Waals surface area contributed by atoms with Crippen LogP contribution < -0.4 is 5.32 Å². The van der Waals surface area contributed by atoms with E-state index in [0.29, 0.717) is 17.9 Å². The first-order chi connectivity index (χ1) is 8.63. The number of hydrogen-bond acceptors (Lipinski definition) is 6. The molecular weight excluding hydrogens is 236 g/mol. The molecule has 7 heteroatoms. The van der Waals surface area contributed by atoms with Crippen LogP contribution in [0.15, 0.2) is 22.7 Å². The molecule has 18 heavy (non-hydrogen) atoms. The predicted molar refractivity (Wildman–Crippen MR) is 63.9 cm³/mol. The van der Waals surface area contributed by atoms with Crippen LogP contribution in [0.25, 0.3) is 11.5 Å². The maximum Gasteiger partial charge on any atom is 0.282 e. The minimum atomic E-state index is -0.454. The Balaban J connectivity index is 2.51. The number of nitrogens with one attached hydrogen (secondary N) is 1. The van der Waals surface area contributed by atoms with Gasteiger partial charge in [-0.2, -0.15) is 4.98 Å². The molecule has 0 radical (unpaired) electrons. The molecule has 0 saturated carbocycles. The molecule has 0 unspecified atom stereocenters. The van der Waals surface area contributed by atoms with Gasteiger partial charge in [-0.15, -0.1) is 0 Å². The third-order valence-electron chi connectivity index (χ3n) is 2.46. The Bertz CT molecular complexity index is 579. The van der Waals surface area contributed by atoms with Crippen molar-refractivity contribution >= 4 is 5.69 Å². The minimum absolute atomic E-state index is 0.0327. The van der Waals surface area contributed by atoms with E-state index < -0.39 is 4.92 Å². The third kappa shape index (κ3) is 2.21. The van der Waals surface area contributed by atoms with Crippen molar-refractivity contribution in [3.05, 3.63) is 39.7 Å². The highest BCUT2D eigenvalue weighted by molar-refractivity contribution is 5.70. The van der Waals surface area contributed by atoms with Gasteiger partial charge in [-0.3, -0.25) is 10.1 Å². The molecule has 2 aromatic rings. The Kier molecular flexibility index (Phi) is 3.33. The maximum atomic E-state index is 11.0. The van der Waals surface area contributed by atoms with Gasteiger partial charge in [0.25, 0.3) is 11.6 Å². The molecule has 0 fully saturated rings. The highest BCUT2D eigenvalue weighted by Gasteiger charge is 2.22. The van der Waals surface area contributed by atoms with Crippen molar-refractivity contribution in [2.45, 2.75) is 13.5 Å². The molecule has 0 aliphatic heterocycles. The summed E-state index contributed by atoms with van der Waals surface area (Å²) in [5.74, 6) is 0.634. The summed E-state index contributed by atoms with van der Waals surface area (Å²) in [5.41, 5.74) is 1.07. The zero-order chi connectivity index (χ0) is 13.1. The SMILES string of the molecule is CNCc1noc(-c2c(C)cccc2[N+](=O)[O-])n1. The van der Waals surface area contributed by atoms with Crippen molar-refractivity contribution < 1.29 is 9.45 Å². The number of benzene rings is 1. The van der Waals surface area contributed by atoms with E-state index in [1.54, 1.807) is 26.1 Å². The smallest absolute Gasteiger partial charge is 0.282 e. The minimum Gasteiger partial charge on any atom is -0.334 e. The van der Waals surface area contributed by atoms with Crippen LogP contribution in [0.2, 0.25) is 0 Å². The van der Waals surface area contributed by atoms with Crippen LogP contribution in [-0.2, 0) is 6.54 Å². The summed E-state index contributed by atoms with van der Waals surface area (Å²) in [6.07, 6.45) is 0. The molecule has 1 aromatic heterocycles. The summed E-state index contributed by atoms with van der Waals surface area (Å²) in [5, 5.41) is 17.6. The molecule has 7 nitrogen and oxygen atoms in total. The first kappa shape index (κ1) is 12.2. The molecule has 0 atom stereocenters. The van der Waals surface area contributed by atoms with Crippen LogP contribution in [0.3, 0.4) is 0 Å². The Morgan fingerprint density at radius 1 is 1.50 bits per heavy atom.